The molecular weight excluding hydrogens is 228 g/mol. The van der Waals surface area contributed by atoms with Gasteiger partial charge in [0.15, 0.2) is 5.78 Å². The number of ketones is 1. The van der Waals surface area contributed by atoms with Gasteiger partial charge in [0.1, 0.15) is 6.61 Å². The average molecular weight is 248 g/mol. The van der Waals surface area contributed by atoms with E-state index in [1.807, 2.05) is 31.2 Å². The van der Waals surface area contributed by atoms with Gasteiger partial charge >= 0.3 is 0 Å². The minimum Gasteiger partial charge on any atom is -0.376 e. The van der Waals surface area contributed by atoms with E-state index in [1.54, 1.807) is 0 Å². The van der Waals surface area contributed by atoms with Gasteiger partial charge in [-0.15, -0.1) is 0 Å². The Morgan fingerprint density at radius 3 is 2.78 bits per heavy atom. The number of rotatable bonds is 5. The Bertz CT molecular complexity index is 377. The number of Topliss-reactive ketones (excluding diaryl/α,β-unsaturated/α-hetero) is 1. The Hall–Kier alpha value is -1.19. The molecule has 98 valence electrons. The topological polar surface area (TPSA) is 35.5 Å². The SMILES string of the molecule is Cc1ccc(C(=O)COCC2CCCCO2)cc1. The zero-order valence-electron chi connectivity index (χ0n) is 10.9. The summed E-state index contributed by atoms with van der Waals surface area (Å²) in [4.78, 5) is 11.8. The molecule has 1 aliphatic rings. The summed E-state index contributed by atoms with van der Waals surface area (Å²) in [7, 11) is 0. The molecule has 0 saturated carbocycles. The third-order valence-electron chi connectivity index (χ3n) is 3.18. The number of hydrogen-bond acceptors (Lipinski definition) is 3. The van der Waals surface area contributed by atoms with Crippen LogP contribution in [0.5, 0.6) is 0 Å². The first kappa shape index (κ1) is 13.2. The summed E-state index contributed by atoms with van der Waals surface area (Å²) in [6.45, 7) is 3.49. The van der Waals surface area contributed by atoms with Crippen LogP contribution in [0.4, 0.5) is 0 Å². The average Bonchev–Trinajstić information content (AvgIpc) is 2.40. The third kappa shape index (κ3) is 3.93. The molecule has 1 aliphatic heterocycles. The van der Waals surface area contributed by atoms with Crippen molar-refractivity contribution in [3.05, 3.63) is 35.4 Å². The van der Waals surface area contributed by atoms with Crippen LogP contribution in [0.25, 0.3) is 0 Å². The van der Waals surface area contributed by atoms with Crippen molar-refractivity contribution in [2.45, 2.75) is 32.3 Å². The Morgan fingerprint density at radius 1 is 1.33 bits per heavy atom. The molecule has 0 radical (unpaired) electrons. The first-order valence-corrected chi connectivity index (χ1v) is 6.55. The lowest BCUT2D eigenvalue weighted by atomic mass is 10.1. The van der Waals surface area contributed by atoms with Crippen LogP contribution in [-0.4, -0.2) is 31.7 Å². The van der Waals surface area contributed by atoms with Gasteiger partial charge in [-0.25, -0.2) is 0 Å². The summed E-state index contributed by atoms with van der Waals surface area (Å²) in [5.41, 5.74) is 1.87. The molecule has 0 aliphatic carbocycles. The van der Waals surface area contributed by atoms with Crippen LogP contribution < -0.4 is 0 Å². The Kier molecular flexibility index (Phi) is 4.90. The zero-order valence-corrected chi connectivity index (χ0v) is 10.9. The number of carbonyl (C=O) groups is 1. The van der Waals surface area contributed by atoms with Crippen LogP contribution in [0, 0.1) is 6.92 Å². The van der Waals surface area contributed by atoms with E-state index >= 15 is 0 Å². The second kappa shape index (κ2) is 6.66. The van der Waals surface area contributed by atoms with Gasteiger partial charge < -0.3 is 9.47 Å². The number of aryl methyl sites for hydroxylation is 1. The van der Waals surface area contributed by atoms with Gasteiger partial charge in [0, 0.05) is 12.2 Å². The lowest BCUT2D eigenvalue weighted by Gasteiger charge is -2.22. The fourth-order valence-electron chi connectivity index (χ4n) is 2.04. The van der Waals surface area contributed by atoms with Crippen molar-refractivity contribution in [2.24, 2.45) is 0 Å². The molecule has 0 aromatic heterocycles. The number of benzene rings is 1. The molecule has 0 N–H and O–H groups in total. The summed E-state index contributed by atoms with van der Waals surface area (Å²) in [5, 5.41) is 0. The number of hydrogen-bond donors (Lipinski definition) is 0. The molecule has 1 saturated heterocycles. The minimum atomic E-state index is 0.0332. The van der Waals surface area contributed by atoms with Crippen molar-refractivity contribution >= 4 is 5.78 Å². The van der Waals surface area contributed by atoms with Crippen molar-refractivity contribution < 1.29 is 14.3 Å². The highest BCUT2D eigenvalue weighted by molar-refractivity contribution is 5.97. The standard InChI is InChI=1S/C15H20O3/c1-12-5-7-13(8-6-12)15(16)11-17-10-14-4-2-3-9-18-14/h5-8,14H,2-4,9-11H2,1H3. The van der Waals surface area contributed by atoms with Crippen molar-refractivity contribution in [3.8, 4) is 0 Å². The van der Waals surface area contributed by atoms with Gasteiger partial charge in [-0.3, -0.25) is 4.79 Å². The zero-order chi connectivity index (χ0) is 12.8. The summed E-state index contributed by atoms with van der Waals surface area (Å²) in [6.07, 6.45) is 3.54. The van der Waals surface area contributed by atoms with E-state index in [-0.39, 0.29) is 18.5 Å². The Morgan fingerprint density at radius 2 is 2.11 bits per heavy atom. The van der Waals surface area contributed by atoms with E-state index in [4.69, 9.17) is 9.47 Å². The highest BCUT2D eigenvalue weighted by Crippen LogP contribution is 2.13. The molecule has 1 atom stereocenters. The lowest BCUT2D eigenvalue weighted by molar-refractivity contribution is -0.0370. The molecule has 3 heteroatoms. The van der Waals surface area contributed by atoms with E-state index in [1.165, 1.54) is 6.42 Å². The summed E-state index contributed by atoms with van der Waals surface area (Å²) >= 11 is 0. The van der Waals surface area contributed by atoms with Crippen LogP contribution in [-0.2, 0) is 9.47 Å². The largest absolute Gasteiger partial charge is 0.376 e. The molecular formula is C15H20O3. The molecule has 18 heavy (non-hydrogen) atoms. The normalized spacial score (nSPS) is 19.7. The molecule has 0 amide bonds. The van der Waals surface area contributed by atoms with Crippen molar-refractivity contribution in [2.75, 3.05) is 19.8 Å². The van der Waals surface area contributed by atoms with Gasteiger partial charge in [-0.05, 0) is 26.2 Å². The number of carbonyl (C=O) groups excluding carboxylic acids is 1. The fourth-order valence-corrected chi connectivity index (χ4v) is 2.04. The van der Waals surface area contributed by atoms with Gasteiger partial charge in [0.2, 0.25) is 0 Å². The first-order valence-electron chi connectivity index (χ1n) is 6.55. The Balaban J connectivity index is 1.72. The lowest BCUT2D eigenvalue weighted by Crippen LogP contribution is -2.25. The van der Waals surface area contributed by atoms with Crippen LogP contribution in [0.1, 0.15) is 35.2 Å². The first-order chi connectivity index (χ1) is 8.75. The smallest absolute Gasteiger partial charge is 0.188 e. The van der Waals surface area contributed by atoms with Crippen molar-refractivity contribution in [3.63, 3.8) is 0 Å². The maximum atomic E-state index is 11.8. The van der Waals surface area contributed by atoms with Crippen LogP contribution >= 0.6 is 0 Å². The van der Waals surface area contributed by atoms with E-state index in [9.17, 15) is 4.79 Å². The van der Waals surface area contributed by atoms with Crippen molar-refractivity contribution in [1.82, 2.24) is 0 Å². The molecule has 1 heterocycles. The molecule has 1 fully saturated rings. The van der Waals surface area contributed by atoms with Crippen molar-refractivity contribution in [1.29, 1.82) is 0 Å². The van der Waals surface area contributed by atoms with Crippen LogP contribution in [0.2, 0.25) is 0 Å². The summed E-state index contributed by atoms with van der Waals surface area (Å²) < 4.78 is 11.0. The highest BCUT2D eigenvalue weighted by atomic mass is 16.5. The quantitative estimate of drug-likeness (QED) is 0.752. The van der Waals surface area contributed by atoms with Gasteiger partial charge in [0.05, 0.1) is 12.7 Å². The van der Waals surface area contributed by atoms with Gasteiger partial charge in [0.25, 0.3) is 0 Å². The number of ether oxygens (including phenoxy) is 2. The van der Waals surface area contributed by atoms with E-state index in [2.05, 4.69) is 0 Å². The fraction of sp³-hybridized carbons (Fsp3) is 0.533. The molecule has 0 spiro atoms. The maximum absolute atomic E-state index is 11.8. The summed E-state index contributed by atoms with van der Waals surface area (Å²) in [6, 6.07) is 7.57. The third-order valence-corrected chi connectivity index (χ3v) is 3.18. The molecule has 2 rings (SSSR count). The van der Waals surface area contributed by atoms with E-state index in [0.717, 1.165) is 25.0 Å². The molecule has 3 nitrogen and oxygen atoms in total. The van der Waals surface area contributed by atoms with E-state index < -0.39 is 0 Å². The highest BCUT2D eigenvalue weighted by Gasteiger charge is 2.14. The van der Waals surface area contributed by atoms with Gasteiger partial charge in [-0.2, -0.15) is 0 Å². The Labute approximate surface area is 108 Å². The monoisotopic (exact) mass is 248 g/mol. The summed E-state index contributed by atoms with van der Waals surface area (Å²) in [5.74, 6) is 0.0332. The molecule has 1 aromatic carbocycles. The predicted molar refractivity (Wildman–Crippen MR) is 69.9 cm³/mol. The molecule has 1 aromatic rings. The second-order valence-electron chi connectivity index (χ2n) is 4.79. The maximum Gasteiger partial charge on any atom is 0.188 e. The predicted octanol–water partition coefficient (Wildman–Crippen LogP) is 2.76. The van der Waals surface area contributed by atoms with Crippen LogP contribution in [0.3, 0.4) is 0 Å². The van der Waals surface area contributed by atoms with Crippen LogP contribution in [0.15, 0.2) is 24.3 Å². The minimum absolute atomic E-state index is 0.0332. The molecule has 1 unspecified atom stereocenters. The van der Waals surface area contributed by atoms with E-state index in [0.29, 0.717) is 12.2 Å². The van der Waals surface area contributed by atoms with Gasteiger partial charge in [-0.1, -0.05) is 29.8 Å². The molecule has 0 bridgehead atoms. The second-order valence-corrected chi connectivity index (χ2v) is 4.79.